The van der Waals surface area contributed by atoms with E-state index in [4.69, 9.17) is 0 Å². The molecule has 4 aromatic carbocycles. The number of hydrogen-bond acceptors (Lipinski definition) is 8. The SMILES string of the molecule is CC(CNC(=O)c1ccc2c3c(nsc13)-c1ccccc1C2=O)NC(=O)c1ccc2c3c(nsc13)-c1ccccc1C2=O. The first-order valence-electron chi connectivity index (χ1n) is 13.6. The number of benzene rings is 4. The molecule has 43 heavy (non-hydrogen) atoms. The maximum absolute atomic E-state index is 13.4. The average Bonchev–Trinajstić information content (AvgIpc) is 3.68. The summed E-state index contributed by atoms with van der Waals surface area (Å²) in [4.78, 5) is 52.9. The van der Waals surface area contributed by atoms with E-state index in [2.05, 4.69) is 19.4 Å². The molecule has 0 spiro atoms. The van der Waals surface area contributed by atoms with Gasteiger partial charge in [-0.25, -0.2) is 0 Å². The molecule has 2 aliphatic rings. The Morgan fingerprint density at radius 1 is 0.651 bits per heavy atom. The minimum absolute atomic E-state index is 0.0774. The molecule has 0 aliphatic heterocycles. The van der Waals surface area contributed by atoms with Gasteiger partial charge in [0.15, 0.2) is 11.6 Å². The Hall–Kier alpha value is -5.06. The zero-order chi connectivity index (χ0) is 29.4. The van der Waals surface area contributed by atoms with Crippen LogP contribution in [0.15, 0.2) is 72.8 Å². The van der Waals surface area contributed by atoms with Gasteiger partial charge in [0.05, 0.1) is 31.9 Å². The van der Waals surface area contributed by atoms with Crippen LogP contribution in [0.1, 0.15) is 59.5 Å². The lowest BCUT2D eigenvalue weighted by Crippen LogP contribution is -2.41. The number of carbonyl (C=O) groups excluding carboxylic acids is 4. The van der Waals surface area contributed by atoms with Gasteiger partial charge >= 0.3 is 0 Å². The zero-order valence-electron chi connectivity index (χ0n) is 22.6. The van der Waals surface area contributed by atoms with Gasteiger partial charge in [0, 0.05) is 56.7 Å². The second-order valence-electron chi connectivity index (χ2n) is 10.6. The Morgan fingerprint density at radius 2 is 1.12 bits per heavy atom. The molecule has 0 bridgehead atoms. The summed E-state index contributed by atoms with van der Waals surface area (Å²) in [5.41, 5.74) is 6.15. The first kappa shape index (κ1) is 25.6. The number of nitrogens with one attached hydrogen (secondary N) is 2. The van der Waals surface area contributed by atoms with Crippen LogP contribution in [0.25, 0.3) is 42.7 Å². The third kappa shape index (κ3) is 3.73. The number of aromatic nitrogens is 2. The van der Waals surface area contributed by atoms with Gasteiger partial charge in [0.25, 0.3) is 11.8 Å². The van der Waals surface area contributed by atoms with Crippen molar-refractivity contribution in [2.45, 2.75) is 13.0 Å². The van der Waals surface area contributed by atoms with Gasteiger partial charge in [-0.1, -0.05) is 48.5 Å². The van der Waals surface area contributed by atoms with Crippen molar-refractivity contribution in [2.24, 2.45) is 0 Å². The van der Waals surface area contributed by atoms with Gasteiger partial charge in [-0.15, -0.1) is 0 Å². The minimum Gasteiger partial charge on any atom is -0.350 e. The number of rotatable bonds is 5. The van der Waals surface area contributed by atoms with Gasteiger partial charge in [-0.05, 0) is 54.3 Å². The number of fused-ring (bicyclic) bond motifs is 4. The van der Waals surface area contributed by atoms with Crippen LogP contribution in [-0.4, -0.2) is 44.7 Å². The molecule has 2 amide bonds. The predicted molar refractivity (Wildman–Crippen MR) is 166 cm³/mol. The third-order valence-corrected chi connectivity index (χ3v) is 9.78. The van der Waals surface area contributed by atoms with E-state index in [1.807, 2.05) is 43.3 Å². The van der Waals surface area contributed by atoms with Crippen molar-refractivity contribution >= 4 is 66.6 Å². The molecule has 8 nitrogen and oxygen atoms in total. The summed E-state index contributed by atoms with van der Waals surface area (Å²) in [6.07, 6.45) is 0. The highest BCUT2D eigenvalue weighted by molar-refractivity contribution is 7.14. The fourth-order valence-corrected chi connectivity index (χ4v) is 7.82. The zero-order valence-corrected chi connectivity index (χ0v) is 24.2. The van der Waals surface area contributed by atoms with E-state index >= 15 is 0 Å². The van der Waals surface area contributed by atoms with Crippen molar-refractivity contribution < 1.29 is 19.2 Å². The number of amides is 2. The highest BCUT2D eigenvalue weighted by Crippen LogP contribution is 2.43. The van der Waals surface area contributed by atoms with Crippen LogP contribution < -0.4 is 10.6 Å². The molecule has 2 N–H and O–H groups in total. The molecule has 0 saturated carbocycles. The Balaban J connectivity index is 1.01. The first-order chi connectivity index (χ1) is 20.9. The van der Waals surface area contributed by atoms with E-state index in [0.29, 0.717) is 64.9 Å². The summed E-state index contributed by atoms with van der Waals surface area (Å²) in [5.74, 6) is -0.780. The maximum Gasteiger partial charge on any atom is 0.253 e. The Labute approximate surface area is 252 Å². The second kappa shape index (κ2) is 9.48. The number of carbonyl (C=O) groups is 4. The molecule has 208 valence electrons. The minimum atomic E-state index is -0.395. The summed E-state index contributed by atoms with van der Waals surface area (Å²) in [7, 11) is 0. The average molecular weight is 601 g/mol. The molecular weight excluding hydrogens is 581 g/mol. The third-order valence-electron chi connectivity index (χ3n) is 8.02. The highest BCUT2D eigenvalue weighted by atomic mass is 32.1. The topological polar surface area (TPSA) is 118 Å². The van der Waals surface area contributed by atoms with Crippen LogP contribution in [0.3, 0.4) is 0 Å². The highest BCUT2D eigenvalue weighted by Gasteiger charge is 2.31. The van der Waals surface area contributed by atoms with E-state index in [-0.39, 0.29) is 29.9 Å². The molecule has 6 aromatic rings. The van der Waals surface area contributed by atoms with E-state index in [0.717, 1.165) is 11.1 Å². The van der Waals surface area contributed by atoms with Crippen molar-refractivity contribution in [3.05, 3.63) is 106 Å². The lowest BCUT2D eigenvalue weighted by atomic mass is 9.87. The largest absolute Gasteiger partial charge is 0.350 e. The smallest absolute Gasteiger partial charge is 0.253 e. The van der Waals surface area contributed by atoms with Crippen LogP contribution in [0, 0.1) is 0 Å². The quantitative estimate of drug-likeness (QED) is 0.255. The second-order valence-corrected chi connectivity index (χ2v) is 12.2. The van der Waals surface area contributed by atoms with Gasteiger partial charge in [0.2, 0.25) is 0 Å². The molecular formula is C33H20N4O4S2. The molecule has 0 saturated heterocycles. The molecule has 0 fully saturated rings. The van der Waals surface area contributed by atoms with E-state index in [9.17, 15) is 19.2 Å². The molecule has 1 unspecified atom stereocenters. The van der Waals surface area contributed by atoms with Crippen LogP contribution in [-0.2, 0) is 0 Å². The normalized spacial score (nSPS) is 13.5. The van der Waals surface area contributed by atoms with Gasteiger partial charge < -0.3 is 10.6 Å². The molecule has 1 atom stereocenters. The predicted octanol–water partition coefficient (Wildman–Crippen LogP) is 5.88. The maximum atomic E-state index is 13.4. The summed E-state index contributed by atoms with van der Waals surface area (Å²) >= 11 is 2.40. The number of nitrogens with zero attached hydrogens (tertiary/aromatic N) is 2. The Bertz CT molecular complexity index is 2230. The van der Waals surface area contributed by atoms with Crippen molar-refractivity contribution in [2.75, 3.05) is 6.54 Å². The molecule has 8 rings (SSSR count). The van der Waals surface area contributed by atoms with Crippen molar-refractivity contribution in [3.8, 4) is 22.5 Å². The lowest BCUT2D eigenvalue weighted by molar-refractivity contribution is 0.0914. The first-order valence-corrected chi connectivity index (χ1v) is 15.2. The number of ketones is 2. The molecule has 2 aliphatic carbocycles. The Kier molecular flexibility index (Phi) is 5.65. The summed E-state index contributed by atoms with van der Waals surface area (Å²) in [6.45, 7) is 1.99. The Morgan fingerprint density at radius 3 is 1.63 bits per heavy atom. The summed E-state index contributed by atoms with van der Waals surface area (Å²) in [5, 5.41) is 7.28. The summed E-state index contributed by atoms with van der Waals surface area (Å²) in [6, 6.07) is 21.0. The van der Waals surface area contributed by atoms with E-state index in [1.54, 1.807) is 36.4 Å². The van der Waals surface area contributed by atoms with Crippen molar-refractivity contribution in [3.63, 3.8) is 0 Å². The van der Waals surface area contributed by atoms with Gasteiger partial charge in [-0.2, -0.15) is 8.75 Å². The van der Waals surface area contributed by atoms with E-state index < -0.39 is 6.04 Å². The van der Waals surface area contributed by atoms with Crippen molar-refractivity contribution in [1.82, 2.24) is 19.4 Å². The van der Waals surface area contributed by atoms with Gasteiger partial charge in [0.1, 0.15) is 0 Å². The number of hydrogen-bond donors (Lipinski definition) is 2. The van der Waals surface area contributed by atoms with Crippen molar-refractivity contribution in [1.29, 1.82) is 0 Å². The van der Waals surface area contributed by atoms with Crippen LogP contribution >= 0.6 is 23.1 Å². The van der Waals surface area contributed by atoms with Crippen LogP contribution in [0.5, 0.6) is 0 Å². The van der Waals surface area contributed by atoms with Crippen LogP contribution in [0.2, 0.25) is 0 Å². The fourth-order valence-electron chi connectivity index (χ4n) is 5.96. The van der Waals surface area contributed by atoms with Gasteiger partial charge in [-0.3, -0.25) is 19.2 Å². The standard InChI is InChI=1S/C33H20N4O4S2/c1-15(35-33(41)23-13-11-21-25-27(37-43-31(23)25)17-7-3-5-9-19(17)29(21)39)14-34-32(40)22-12-10-20-24-26(36-42-30(22)24)16-6-2-4-8-18(16)28(20)38/h2-13,15H,14H2,1H3,(H,34,40)(H,35,41). The monoisotopic (exact) mass is 600 g/mol. The molecule has 2 heterocycles. The summed E-state index contributed by atoms with van der Waals surface area (Å²) < 4.78 is 10.5. The molecule has 0 radical (unpaired) electrons. The van der Waals surface area contributed by atoms with Crippen LogP contribution in [0.4, 0.5) is 0 Å². The fraction of sp³-hybridized carbons (Fsp3) is 0.0909. The van der Waals surface area contributed by atoms with E-state index in [1.165, 1.54) is 23.1 Å². The molecule has 10 heteroatoms. The lowest BCUT2D eigenvalue weighted by Gasteiger charge is -2.18. The molecule has 2 aromatic heterocycles.